The lowest BCUT2D eigenvalue weighted by Crippen LogP contribution is -2.41. The molecule has 2 heterocycles. The zero-order chi connectivity index (χ0) is 22.7. The van der Waals surface area contributed by atoms with E-state index in [4.69, 9.17) is 9.26 Å². The lowest BCUT2D eigenvalue weighted by Gasteiger charge is -2.23. The number of aliphatic hydroxyl groups excluding tert-OH is 1. The highest BCUT2D eigenvalue weighted by molar-refractivity contribution is 5.91. The standard InChI is InChI=1S/C24H28N2O6/c1-15-10-20(32-25-15)12-23(29)26-13-19(27)11-21(26)22(28)9-6-16-4-7-18(8-5-16)24(30)31-14-17-2-3-17/h4-5,7-8,10,17,19,21,27H,2-3,6,9,11-14H2,1H3/t19-,21+/m1/s1. The van der Waals surface area contributed by atoms with Crippen molar-refractivity contribution in [2.75, 3.05) is 13.2 Å². The summed E-state index contributed by atoms with van der Waals surface area (Å²) < 4.78 is 10.4. The molecular formula is C24H28N2O6. The summed E-state index contributed by atoms with van der Waals surface area (Å²) in [5.74, 6) is 0.290. The topological polar surface area (TPSA) is 110 Å². The van der Waals surface area contributed by atoms with Crippen LogP contribution in [-0.2, 0) is 27.2 Å². The van der Waals surface area contributed by atoms with Crippen molar-refractivity contribution < 1.29 is 28.8 Å². The fourth-order valence-electron chi connectivity index (χ4n) is 3.95. The van der Waals surface area contributed by atoms with Crippen LogP contribution in [0, 0.1) is 12.8 Å². The number of ether oxygens (including phenoxy) is 1. The molecule has 8 nitrogen and oxygen atoms in total. The predicted octanol–water partition coefficient (Wildman–Crippen LogP) is 2.26. The molecule has 1 aromatic carbocycles. The zero-order valence-corrected chi connectivity index (χ0v) is 18.2. The molecule has 1 amide bonds. The van der Waals surface area contributed by atoms with E-state index in [9.17, 15) is 19.5 Å². The van der Waals surface area contributed by atoms with Crippen molar-refractivity contribution in [3.05, 3.63) is 52.9 Å². The number of hydrogen-bond donors (Lipinski definition) is 1. The average molecular weight is 440 g/mol. The van der Waals surface area contributed by atoms with Gasteiger partial charge in [-0.2, -0.15) is 0 Å². The number of esters is 1. The van der Waals surface area contributed by atoms with E-state index in [1.807, 2.05) is 12.1 Å². The third-order valence-corrected chi connectivity index (χ3v) is 5.97. The predicted molar refractivity (Wildman–Crippen MR) is 114 cm³/mol. The second-order valence-corrected chi connectivity index (χ2v) is 8.77. The van der Waals surface area contributed by atoms with Crippen LogP contribution in [0.4, 0.5) is 0 Å². The van der Waals surface area contributed by atoms with Gasteiger partial charge in [-0.05, 0) is 49.8 Å². The van der Waals surface area contributed by atoms with Gasteiger partial charge in [0.25, 0.3) is 0 Å². The Morgan fingerprint density at radius 1 is 1.22 bits per heavy atom. The first-order valence-electron chi connectivity index (χ1n) is 11.1. The van der Waals surface area contributed by atoms with Crippen molar-refractivity contribution >= 4 is 17.7 Å². The van der Waals surface area contributed by atoms with Crippen LogP contribution >= 0.6 is 0 Å². The van der Waals surface area contributed by atoms with E-state index < -0.39 is 12.1 Å². The number of ketones is 1. The molecule has 1 saturated heterocycles. The summed E-state index contributed by atoms with van der Waals surface area (Å²) in [6, 6.07) is 8.11. The van der Waals surface area contributed by atoms with Gasteiger partial charge in [-0.15, -0.1) is 0 Å². The molecule has 2 aromatic rings. The number of aliphatic hydroxyl groups is 1. The Balaban J connectivity index is 1.29. The van der Waals surface area contributed by atoms with Crippen LogP contribution in [0.5, 0.6) is 0 Å². The Morgan fingerprint density at radius 3 is 2.62 bits per heavy atom. The van der Waals surface area contributed by atoms with Gasteiger partial charge < -0.3 is 19.3 Å². The van der Waals surface area contributed by atoms with Crippen molar-refractivity contribution in [3.63, 3.8) is 0 Å². The van der Waals surface area contributed by atoms with Gasteiger partial charge in [-0.3, -0.25) is 9.59 Å². The second kappa shape index (κ2) is 9.65. The number of nitrogens with zero attached hydrogens (tertiary/aromatic N) is 2. The largest absolute Gasteiger partial charge is 0.462 e. The van der Waals surface area contributed by atoms with Gasteiger partial charge in [0.15, 0.2) is 5.78 Å². The number of carbonyl (C=O) groups excluding carboxylic acids is 3. The maximum absolute atomic E-state index is 12.9. The van der Waals surface area contributed by atoms with E-state index >= 15 is 0 Å². The molecule has 2 fully saturated rings. The first-order valence-corrected chi connectivity index (χ1v) is 11.1. The van der Waals surface area contributed by atoms with E-state index in [0.29, 0.717) is 36.0 Å². The molecule has 32 heavy (non-hydrogen) atoms. The summed E-state index contributed by atoms with van der Waals surface area (Å²) in [6.45, 7) is 2.39. The van der Waals surface area contributed by atoms with Crippen molar-refractivity contribution in [1.82, 2.24) is 10.1 Å². The van der Waals surface area contributed by atoms with Gasteiger partial charge in [0.2, 0.25) is 5.91 Å². The molecule has 170 valence electrons. The monoisotopic (exact) mass is 440 g/mol. The third kappa shape index (κ3) is 5.62. The quantitative estimate of drug-likeness (QED) is 0.596. The summed E-state index contributed by atoms with van der Waals surface area (Å²) in [5.41, 5.74) is 2.11. The van der Waals surface area contributed by atoms with Gasteiger partial charge in [0.1, 0.15) is 5.76 Å². The SMILES string of the molecule is Cc1cc(CC(=O)N2C[C@H](O)C[C@H]2C(=O)CCc2ccc(C(=O)OCC3CC3)cc2)on1. The second-order valence-electron chi connectivity index (χ2n) is 8.77. The number of hydrogen-bond acceptors (Lipinski definition) is 7. The first-order chi connectivity index (χ1) is 15.4. The molecule has 1 saturated carbocycles. The van der Waals surface area contributed by atoms with Crippen molar-refractivity contribution in [1.29, 1.82) is 0 Å². The Kier molecular flexibility index (Phi) is 6.69. The van der Waals surface area contributed by atoms with Crippen LogP contribution in [0.15, 0.2) is 34.9 Å². The minimum atomic E-state index is -0.717. The van der Waals surface area contributed by atoms with Gasteiger partial charge in [0, 0.05) is 25.5 Å². The Bertz CT molecular complexity index is 979. The molecule has 4 rings (SSSR count). The molecule has 1 aromatic heterocycles. The van der Waals surface area contributed by atoms with E-state index in [1.54, 1.807) is 25.1 Å². The Labute approximate surface area is 186 Å². The number of aromatic nitrogens is 1. The number of rotatable bonds is 9. The van der Waals surface area contributed by atoms with Crippen LogP contribution in [-0.4, -0.2) is 58.1 Å². The number of Topliss-reactive ketones (excluding diaryl/α,β-unsaturated/α-hetero) is 1. The number of amides is 1. The molecule has 0 radical (unpaired) electrons. The van der Waals surface area contributed by atoms with E-state index in [0.717, 1.165) is 18.4 Å². The molecule has 0 spiro atoms. The number of β-amino-alcohol motifs (C(OH)–C–C–N with tert-alkyl or cyclic N) is 1. The van der Waals surface area contributed by atoms with Gasteiger partial charge >= 0.3 is 5.97 Å². The van der Waals surface area contributed by atoms with Gasteiger partial charge in [0.05, 0.1) is 36.4 Å². The lowest BCUT2D eigenvalue weighted by molar-refractivity contribution is -0.137. The molecule has 1 aliphatic heterocycles. The molecule has 1 aliphatic carbocycles. The minimum Gasteiger partial charge on any atom is -0.462 e. The highest BCUT2D eigenvalue weighted by Gasteiger charge is 2.38. The summed E-state index contributed by atoms with van der Waals surface area (Å²) in [6.07, 6.45) is 2.52. The Morgan fingerprint density at radius 2 is 1.97 bits per heavy atom. The number of carbonyl (C=O) groups is 3. The number of likely N-dealkylation sites (tertiary alicyclic amines) is 1. The molecule has 0 unspecified atom stereocenters. The highest BCUT2D eigenvalue weighted by Crippen LogP contribution is 2.29. The Hall–Kier alpha value is -3.00. The average Bonchev–Trinajstić information content (AvgIpc) is 3.40. The molecule has 1 N–H and O–H groups in total. The van der Waals surface area contributed by atoms with Crippen LogP contribution in [0.1, 0.15) is 53.1 Å². The van der Waals surface area contributed by atoms with E-state index in [-0.39, 0.29) is 43.5 Å². The molecule has 8 heteroatoms. The summed E-state index contributed by atoms with van der Waals surface area (Å²) in [4.78, 5) is 39.0. The molecule has 2 atom stereocenters. The van der Waals surface area contributed by atoms with Crippen molar-refractivity contribution in [3.8, 4) is 0 Å². The van der Waals surface area contributed by atoms with Gasteiger partial charge in [-0.1, -0.05) is 17.3 Å². The van der Waals surface area contributed by atoms with Crippen LogP contribution in [0.2, 0.25) is 0 Å². The summed E-state index contributed by atoms with van der Waals surface area (Å²) >= 11 is 0. The third-order valence-electron chi connectivity index (χ3n) is 5.97. The maximum Gasteiger partial charge on any atom is 0.338 e. The fraction of sp³-hybridized carbons (Fsp3) is 0.500. The number of aryl methyl sites for hydroxylation is 2. The smallest absolute Gasteiger partial charge is 0.338 e. The molecule has 0 bridgehead atoms. The zero-order valence-electron chi connectivity index (χ0n) is 18.2. The highest BCUT2D eigenvalue weighted by atomic mass is 16.5. The van der Waals surface area contributed by atoms with E-state index in [1.165, 1.54) is 4.90 Å². The van der Waals surface area contributed by atoms with Crippen LogP contribution in [0.3, 0.4) is 0 Å². The van der Waals surface area contributed by atoms with E-state index in [2.05, 4.69) is 5.16 Å². The normalized spacial score (nSPS) is 20.4. The maximum atomic E-state index is 12.9. The first kappa shape index (κ1) is 22.2. The van der Waals surface area contributed by atoms with Crippen LogP contribution in [0.25, 0.3) is 0 Å². The summed E-state index contributed by atoms with van der Waals surface area (Å²) in [7, 11) is 0. The van der Waals surface area contributed by atoms with Crippen molar-refractivity contribution in [2.45, 2.75) is 57.6 Å². The molecule has 2 aliphatic rings. The van der Waals surface area contributed by atoms with Crippen LogP contribution < -0.4 is 0 Å². The van der Waals surface area contributed by atoms with Gasteiger partial charge in [-0.25, -0.2) is 4.79 Å². The summed E-state index contributed by atoms with van der Waals surface area (Å²) in [5, 5.41) is 13.8. The minimum absolute atomic E-state index is 0.00957. The van der Waals surface area contributed by atoms with Crippen molar-refractivity contribution in [2.24, 2.45) is 5.92 Å². The molecular weight excluding hydrogens is 412 g/mol. The lowest BCUT2D eigenvalue weighted by atomic mass is 10.0. The number of benzene rings is 1. The fourth-order valence-corrected chi connectivity index (χ4v) is 3.95.